The molecular weight excluding hydrogens is 214 g/mol. The zero-order valence-electron chi connectivity index (χ0n) is 9.57. The number of hydrogen-bond acceptors (Lipinski definition) is 1. The van der Waals surface area contributed by atoms with Gasteiger partial charge in [-0.3, -0.25) is 4.79 Å². The summed E-state index contributed by atoms with van der Waals surface area (Å²) in [6.45, 7) is 0. The Morgan fingerprint density at radius 2 is 2.24 bits per heavy atom. The number of aromatic amines is 1. The summed E-state index contributed by atoms with van der Waals surface area (Å²) in [5, 5.41) is 9.92. The predicted molar refractivity (Wildman–Crippen MR) is 66.2 cm³/mol. The molecule has 88 valence electrons. The third-order valence-electron chi connectivity index (χ3n) is 3.45. The topological polar surface area (TPSA) is 53.1 Å². The Kier molecular flexibility index (Phi) is 2.39. The van der Waals surface area contributed by atoms with Crippen LogP contribution in [0.25, 0.3) is 10.9 Å². The van der Waals surface area contributed by atoms with Gasteiger partial charge in [-0.05, 0) is 48.4 Å². The molecule has 17 heavy (non-hydrogen) atoms. The molecule has 1 aromatic heterocycles. The highest BCUT2D eigenvalue weighted by Gasteiger charge is 2.23. The standard InChI is InChI=1S/C14H15NO2/c16-14(17)6-4-11-8-15-13-5-3-10(7-12(11)13)9-1-2-9/h3,5,7-9,15H,1-2,4,6H2,(H,16,17). The van der Waals surface area contributed by atoms with Crippen LogP contribution in [-0.4, -0.2) is 16.1 Å². The van der Waals surface area contributed by atoms with E-state index in [2.05, 4.69) is 23.2 Å². The molecule has 1 heterocycles. The number of nitrogens with one attached hydrogen (secondary N) is 1. The van der Waals surface area contributed by atoms with Crippen molar-refractivity contribution in [1.82, 2.24) is 4.98 Å². The van der Waals surface area contributed by atoms with Crippen LogP contribution in [0, 0.1) is 0 Å². The number of H-pyrrole nitrogens is 1. The van der Waals surface area contributed by atoms with Crippen LogP contribution >= 0.6 is 0 Å². The van der Waals surface area contributed by atoms with Crippen LogP contribution in [0.2, 0.25) is 0 Å². The fourth-order valence-corrected chi connectivity index (χ4v) is 2.32. The van der Waals surface area contributed by atoms with Gasteiger partial charge in [-0.25, -0.2) is 0 Å². The predicted octanol–water partition coefficient (Wildman–Crippen LogP) is 3.06. The molecule has 0 spiro atoms. The first kappa shape index (κ1) is 10.4. The van der Waals surface area contributed by atoms with Gasteiger partial charge in [0.2, 0.25) is 0 Å². The highest BCUT2D eigenvalue weighted by molar-refractivity contribution is 5.84. The number of aryl methyl sites for hydroxylation is 1. The fraction of sp³-hybridized carbons (Fsp3) is 0.357. The summed E-state index contributed by atoms with van der Waals surface area (Å²) in [6.07, 6.45) is 5.31. The van der Waals surface area contributed by atoms with E-state index < -0.39 is 5.97 Å². The van der Waals surface area contributed by atoms with Crippen molar-refractivity contribution >= 4 is 16.9 Å². The molecule has 3 nitrogen and oxygen atoms in total. The molecule has 0 unspecified atom stereocenters. The molecule has 3 heteroatoms. The molecule has 0 atom stereocenters. The highest BCUT2D eigenvalue weighted by Crippen LogP contribution is 2.41. The first-order valence-corrected chi connectivity index (χ1v) is 6.06. The molecule has 0 radical (unpaired) electrons. The van der Waals surface area contributed by atoms with Crippen LogP contribution in [0.1, 0.15) is 36.3 Å². The van der Waals surface area contributed by atoms with Gasteiger partial charge in [0.25, 0.3) is 0 Å². The Hall–Kier alpha value is -1.77. The number of hydrogen-bond donors (Lipinski definition) is 2. The SMILES string of the molecule is O=C(O)CCc1c[nH]c2ccc(C3CC3)cc12. The van der Waals surface area contributed by atoms with Gasteiger partial charge < -0.3 is 10.1 Å². The lowest BCUT2D eigenvalue weighted by molar-refractivity contribution is -0.136. The van der Waals surface area contributed by atoms with Gasteiger partial charge in [-0.2, -0.15) is 0 Å². The second-order valence-corrected chi connectivity index (χ2v) is 4.79. The summed E-state index contributed by atoms with van der Waals surface area (Å²) < 4.78 is 0. The van der Waals surface area contributed by atoms with E-state index in [0.29, 0.717) is 6.42 Å². The van der Waals surface area contributed by atoms with Crippen molar-refractivity contribution in [3.8, 4) is 0 Å². The number of aromatic nitrogens is 1. The Morgan fingerprint density at radius 1 is 1.41 bits per heavy atom. The first-order chi connectivity index (χ1) is 8.24. The fourth-order valence-electron chi connectivity index (χ4n) is 2.32. The Morgan fingerprint density at radius 3 is 2.94 bits per heavy atom. The molecule has 0 aliphatic heterocycles. The summed E-state index contributed by atoms with van der Waals surface area (Å²) in [7, 11) is 0. The molecule has 2 aromatic rings. The number of carboxylic acid groups (broad SMARTS) is 1. The smallest absolute Gasteiger partial charge is 0.303 e. The third kappa shape index (κ3) is 2.05. The maximum Gasteiger partial charge on any atom is 0.303 e. The summed E-state index contributed by atoms with van der Waals surface area (Å²) >= 11 is 0. The zero-order valence-corrected chi connectivity index (χ0v) is 9.57. The van der Waals surface area contributed by atoms with Crippen molar-refractivity contribution in [1.29, 1.82) is 0 Å². The number of carbonyl (C=O) groups is 1. The number of benzene rings is 1. The largest absolute Gasteiger partial charge is 0.481 e. The summed E-state index contributed by atoms with van der Waals surface area (Å²) in [5.41, 5.74) is 3.62. The minimum absolute atomic E-state index is 0.195. The van der Waals surface area contributed by atoms with E-state index in [4.69, 9.17) is 5.11 Å². The van der Waals surface area contributed by atoms with Gasteiger partial charge in [0.15, 0.2) is 0 Å². The molecule has 2 N–H and O–H groups in total. The van der Waals surface area contributed by atoms with Crippen LogP contribution in [0.5, 0.6) is 0 Å². The van der Waals surface area contributed by atoms with Gasteiger partial charge in [0, 0.05) is 23.5 Å². The van der Waals surface area contributed by atoms with E-state index in [-0.39, 0.29) is 6.42 Å². The number of aliphatic carboxylic acids is 1. The number of fused-ring (bicyclic) bond motifs is 1. The van der Waals surface area contributed by atoms with E-state index >= 15 is 0 Å². The Balaban J connectivity index is 1.94. The normalized spacial score (nSPS) is 15.3. The second kappa shape index (κ2) is 3.91. The van der Waals surface area contributed by atoms with Crippen molar-refractivity contribution in [2.75, 3.05) is 0 Å². The van der Waals surface area contributed by atoms with Gasteiger partial charge in [-0.1, -0.05) is 6.07 Å². The van der Waals surface area contributed by atoms with E-state index in [1.54, 1.807) is 0 Å². The lowest BCUT2D eigenvalue weighted by Crippen LogP contribution is -1.96. The van der Waals surface area contributed by atoms with Crippen LogP contribution in [0.15, 0.2) is 24.4 Å². The molecule has 1 aliphatic carbocycles. The van der Waals surface area contributed by atoms with Crippen LogP contribution in [-0.2, 0) is 11.2 Å². The average molecular weight is 229 g/mol. The maximum atomic E-state index is 10.6. The molecule has 0 bridgehead atoms. The van der Waals surface area contributed by atoms with Gasteiger partial charge in [0.05, 0.1) is 0 Å². The average Bonchev–Trinajstić information content (AvgIpc) is 3.08. The minimum Gasteiger partial charge on any atom is -0.481 e. The van der Waals surface area contributed by atoms with Crippen molar-refractivity contribution in [3.05, 3.63) is 35.5 Å². The van der Waals surface area contributed by atoms with Crippen molar-refractivity contribution in [2.45, 2.75) is 31.6 Å². The maximum absolute atomic E-state index is 10.6. The Bertz CT molecular complexity index is 567. The zero-order chi connectivity index (χ0) is 11.8. The lowest BCUT2D eigenvalue weighted by Gasteiger charge is -2.00. The lowest BCUT2D eigenvalue weighted by atomic mass is 10.0. The monoisotopic (exact) mass is 229 g/mol. The van der Waals surface area contributed by atoms with Gasteiger partial charge in [-0.15, -0.1) is 0 Å². The van der Waals surface area contributed by atoms with Crippen molar-refractivity contribution < 1.29 is 9.90 Å². The molecule has 1 fully saturated rings. The molecule has 1 aromatic carbocycles. The van der Waals surface area contributed by atoms with Crippen LogP contribution in [0.4, 0.5) is 0 Å². The van der Waals surface area contributed by atoms with Crippen molar-refractivity contribution in [3.63, 3.8) is 0 Å². The molecule has 0 amide bonds. The summed E-state index contributed by atoms with van der Waals surface area (Å²) in [4.78, 5) is 13.8. The van der Waals surface area contributed by atoms with Crippen LogP contribution in [0.3, 0.4) is 0 Å². The van der Waals surface area contributed by atoms with E-state index in [1.165, 1.54) is 23.8 Å². The Labute approximate surface area is 99.5 Å². The van der Waals surface area contributed by atoms with Gasteiger partial charge in [0.1, 0.15) is 0 Å². The molecule has 1 saturated carbocycles. The minimum atomic E-state index is -0.738. The molecule has 1 aliphatic rings. The molecule has 0 saturated heterocycles. The highest BCUT2D eigenvalue weighted by atomic mass is 16.4. The summed E-state index contributed by atoms with van der Waals surface area (Å²) in [6, 6.07) is 6.51. The third-order valence-corrected chi connectivity index (χ3v) is 3.45. The van der Waals surface area contributed by atoms with Crippen LogP contribution < -0.4 is 0 Å². The molecule has 3 rings (SSSR count). The quantitative estimate of drug-likeness (QED) is 0.846. The first-order valence-electron chi connectivity index (χ1n) is 6.06. The number of carboxylic acids is 1. The van der Waals surface area contributed by atoms with E-state index in [9.17, 15) is 4.79 Å². The van der Waals surface area contributed by atoms with Crippen molar-refractivity contribution in [2.24, 2.45) is 0 Å². The van der Waals surface area contributed by atoms with E-state index in [0.717, 1.165) is 17.0 Å². The van der Waals surface area contributed by atoms with E-state index in [1.807, 2.05) is 6.20 Å². The van der Waals surface area contributed by atoms with Gasteiger partial charge >= 0.3 is 5.97 Å². The summed E-state index contributed by atoms with van der Waals surface area (Å²) in [5.74, 6) is -0.000628. The second-order valence-electron chi connectivity index (χ2n) is 4.79. The molecular formula is C14H15NO2. The number of rotatable bonds is 4.